The molecular weight excluding hydrogens is 162 g/mol. The Kier molecular flexibility index (Phi) is 3.50. The lowest BCUT2D eigenvalue weighted by molar-refractivity contribution is -0.119. The minimum absolute atomic E-state index is 0.0632. The molecule has 1 N–H and O–H groups in total. The monoisotopic (exact) mass is 177 g/mol. The van der Waals surface area contributed by atoms with Crippen molar-refractivity contribution < 1.29 is 4.79 Å². The Hall–Kier alpha value is -1.31. The average Bonchev–Trinajstić information content (AvgIpc) is 2.18. The fourth-order valence-electron chi connectivity index (χ4n) is 1.23. The van der Waals surface area contributed by atoms with Crippen LogP contribution < -0.4 is 5.32 Å². The largest absolute Gasteiger partial charge is 0.359 e. The number of rotatable bonds is 3. The summed E-state index contributed by atoms with van der Waals surface area (Å²) in [4.78, 5) is 11.1. The van der Waals surface area contributed by atoms with E-state index in [1.807, 2.05) is 12.1 Å². The highest BCUT2D eigenvalue weighted by molar-refractivity contribution is 5.78. The van der Waals surface area contributed by atoms with Gasteiger partial charge in [-0.25, -0.2) is 0 Å². The molecule has 0 aromatic heterocycles. The zero-order valence-electron chi connectivity index (χ0n) is 8.13. The molecule has 0 fully saturated rings. The molecule has 0 saturated heterocycles. The second kappa shape index (κ2) is 4.65. The van der Waals surface area contributed by atoms with Crippen molar-refractivity contribution in [3.05, 3.63) is 35.4 Å². The standard InChI is InChI=1S/C11H15NO/c1-3-9-5-4-6-10(7-9)8-11(13)12-2/h4-7H,3,8H2,1-2H3,(H,12,13). The van der Waals surface area contributed by atoms with Crippen LogP contribution in [0.1, 0.15) is 18.1 Å². The summed E-state index contributed by atoms with van der Waals surface area (Å²) < 4.78 is 0. The van der Waals surface area contributed by atoms with E-state index in [0.29, 0.717) is 6.42 Å². The second-order valence-corrected chi connectivity index (χ2v) is 3.02. The lowest BCUT2D eigenvalue weighted by atomic mass is 10.1. The molecule has 0 unspecified atom stereocenters. The van der Waals surface area contributed by atoms with E-state index in [1.54, 1.807) is 7.05 Å². The van der Waals surface area contributed by atoms with Crippen LogP contribution >= 0.6 is 0 Å². The molecule has 0 aliphatic carbocycles. The fraction of sp³-hybridized carbons (Fsp3) is 0.364. The van der Waals surface area contributed by atoms with E-state index in [9.17, 15) is 4.79 Å². The lowest BCUT2D eigenvalue weighted by Gasteiger charge is -2.02. The summed E-state index contributed by atoms with van der Waals surface area (Å²) in [6.45, 7) is 2.11. The lowest BCUT2D eigenvalue weighted by Crippen LogP contribution is -2.19. The Labute approximate surface area is 79.0 Å². The van der Waals surface area contributed by atoms with Crippen molar-refractivity contribution in [3.63, 3.8) is 0 Å². The van der Waals surface area contributed by atoms with Gasteiger partial charge in [-0.3, -0.25) is 4.79 Å². The Morgan fingerprint density at radius 3 is 2.69 bits per heavy atom. The molecule has 1 aromatic rings. The van der Waals surface area contributed by atoms with Gasteiger partial charge in [-0.15, -0.1) is 0 Å². The van der Waals surface area contributed by atoms with Crippen LogP contribution in [-0.2, 0) is 17.6 Å². The molecule has 0 heterocycles. The van der Waals surface area contributed by atoms with Crippen LogP contribution in [0.5, 0.6) is 0 Å². The summed E-state index contributed by atoms with van der Waals surface area (Å²) in [5.41, 5.74) is 2.36. The first-order chi connectivity index (χ1) is 6.26. The first kappa shape index (κ1) is 9.78. The molecule has 70 valence electrons. The summed E-state index contributed by atoms with van der Waals surface area (Å²) in [5, 5.41) is 2.61. The smallest absolute Gasteiger partial charge is 0.224 e. The van der Waals surface area contributed by atoms with Gasteiger partial charge in [0.15, 0.2) is 0 Å². The molecule has 1 rings (SSSR count). The average molecular weight is 177 g/mol. The zero-order valence-corrected chi connectivity index (χ0v) is 8.13. The molecular formula is C11H15NO. The van der Waals surface area contributed by atoms with Crippen LogP contribution in [0.2, 0.25) is 0 Å². The summed E-state index contributed by atoms with van der Waals surface area (Å²) in [5.74, 6) is 0.0632. The number of hydrogen-bond acceptors (Lipinski definition) is 1. The molecule has 2 heteroatoms. The minimum atomic E-state index is 0.0632. The van der Waals surface area contributed by atoms with Gasteiger partial charge in [-0.05, 0) is 17.5 Å². The molecule has 0 radical (unpaired) electrons. The fourth-order valence-corrected chi connectivity index (χ4v) is 1.23. The highest BCUT2D eigenvalue weighted by atomic mass is 16.1. The van der Waals surface area contributed by atoms with Crippen molar-refractivity contribution in [2.75, 3.05) is 7.05 Å². The summed E-state index contributed by atoms with van der Waals surface area (Å²) in [6.07, 6.45) is 1.49. The quantitative estimate of drug-likeness (QED) is 0.745. The van der Waals surface area contributed by atoms with E-state index >= 15 is 0 Å². The van der Waals surface area contributed by atoms with Gasteiger partial charge in [-0.1, -0.05) is 31.2 Å². The van der Waals surface area contributed by atoms with Gasteiger partial charge < -0.3 is 5.32 Å². The SMILES string of the molecule is CCc1cccc(CC(=O)NC)c1. The van der Waals surface area contributed by atoms with Gasteiger partial charge in [0.1, 0.15) is 0 Å². The number of carbonyl (C=O) groups is 1. The maximum Gasteiger partial charge on any atom is 0.224 e. The molecule has 1 aromatic carbocycles. The summed E-state index contributed by atoms with van der Waals surface area (Å²) in [6, 6.07) is 8.13. The van der Waals surface area contributed by atoms with Gasteiger partial charge in [-0.2, -0.15) is 0 Å². The van der Waals surface area contributed by atoms with Crippen molar-refractivity contribution >= 4 is 5.91 Å². The second-order valence-electron chi connectivity index (χ2n) is 3.02. The van der Waals surface area contributed by atoms with Crippen molar-refractivity contribution in [2.45, 2.75) is 19.8 Å². The normalized spacial score (nSPS) is 9.69. The molecule has 0 bridgehead atoms. The van der Waals surface area contributed by atoms with E-state index in [2.05, 4.69) is 24.4 Å². The number of aryl methyl sites for hydroxylation is 1. The van der Waals surface area contributed by atoms with Crippen molar-refractivity contribution in [1.29, 1.82) is 0 Å². The number of likely N-dealkylation sites (N-methyl/N-ethyl adjacent to an activating group) is 1. The van der Waals surface area contributed by atoms with Gasteiger partial charge in [0.05, 0.1) is 6.42 Å². The van der Waals surface area contributed by atoms with Gasteiger partial charge >= 0.3 is 0 Å². The Morgan fingerprint density at radius 2 is 2.08 bits per heavy atom. The van der Waals surface area contributed by atoms with Gasteiger partial charge in [0.2, 0.25) is 5.91 Å². The zero-order chi connectivity index (χ0) is 9.68. The molecule has 0 saturated carbocycles. The van der Waals surface area contributed by atoms with E-state index in [1.165, 1.54) is 5.56 Å². The van der Waals surface area contributed by atoms with Gasteiger partial charge in [0, 0.05) is 7.05 Å². The van der Waals surface area contributed by atoms with Crippen LogP contribution in [0.4, 0.5) is 0 Å². The molecule has 1 amide bonds. The number of amides is 1. The topological polar surface area (TPSA) is 29.1 Å². The van der Waals surface area contributed by atoms with Crippen LogP contribution in [0.15, 0.2) is 24.3 Å². The Balaban J connectivity index is 2.71. The highest BCUT2D eigenvalue weighted by Gasteiger charge is 2.00. The number of benzene rings is 1. The third-order valence-corrected chi connectivity index (χ3v) is 2.04. The first-order valence-electron chi connectivity index (χ1n) is 4.54. The molecule has 0 spiro atoms. The van der Waals surface area contributed by atoms with Crippen LogP contribution in [0.25, 0.3) is 0 Å². The Bertz CT molecular complexity index is 294. The molecule has 0 aliphatic rings. The van der Waals surface area contributed by atoms with E-state index in [4.69, 9.17) is 0 Å². The molecule has 0 aliphatic heterocycles. The third kappa shape index (κ3) is 2.90. The number of hydrogen-bond donors (Lipinski definition) is 1. The maximum absolute atomic E-state index is 11.1. The third-order valence-electron chi connectivity index (χ3n) is 2.04. The molecule has 13 heavy (non-hydrogen) atoms. The van der Waals surface area contributed by atoms with E-state index in [0.717, 1.165) is 12.0 Å². The van der Waals surface area contributed by atoms with Crippen molar-refractivity contribution in [2.24, 2.45) is 0 Å². The summed E-state index contributed by atoms with van der Waals surface area (Å²) >= 11 is 0. The minimum Gasteiger partial charge on any atom is -0.359 e. The van der Waals surface area contributed by atoms with Gasteiger partial charge in [0.25, 0.3) is 0 Å². The predicted molar refractivity (Wildman–Crippen MR) is 53.6 cm³/mol. The van der Waals surface area contributed by atoms with Crippen LogP contribution in [0.3, 0.4) is 0 Å². The number of carbonyl (C=O) groups excluding carboxylic acids is 1. The molecule has 2 nitrogen and oxygen atoms in total. The highest BCUT2D eigenvalue weighted by Crippen LogP contribution is 2.06. The van der Waals surface area contributed by atoms with Crippen molar-refractivity contribution in [3.8, 4) is 0 Å². The Morgan fingerprint density at radius 1 is 1.38 bits per heavy atom. The van der Waals surface area contributed by atoms with E-state index < -0.39 is 0 Å². The summed E-state index contributed by atoms with van der Waals surface area (Å²) in [7, 11) is 1.66. The van der Waals surface area contributed by atoms with Crippen LogP contribution in [0, 0.1) is 0 Å². The first-order valence-corrected chi connectivity index (χ1v) is 4.54. The van der Waals surface area contributed by atoms with E-state index in [-0.39, 0.29) is 5.91 Å². The number of nitrogens with one attached hydrogen (secondary N) is 1. The maximum atomic E-state index is 11.1. The predicted octanol–water partition coefficient (Wildman–Crippen LogP) is 1.54. The van der Waals surface area contributed by atoms with Crippen LogP contribution in [-0.4, -0.2) is 13.0 Å². The molecule has 0 atom stereocenters. The van der Waals surface area contributed by atoms with Crippen molar-refractivity contribution in [1.82, 2.24) is 5.32 Å².